The van der Waals surface area contributed by atoms with Crippen molar-refractivity contribution in [2.45, 2.75) is 53.5 Å². The van der Waals surface area contributed by atoms with E-state index in [-0.39, 0.29) is 0 Å². The van der Waals surface area contributed by atoms with Crippen LogP contribution in [0, 0.1) is 18.3 Å². The van der Waals surface area contributed by atoms with Crippen LogP contribution in [0.3, 0.4) is 0 Å². The molecule has 1 saturated heterocycles. The number of likely N-dealkylation sites (tertiary alicyclic amines) is 1. The molecule has 0 amide bonds. The predicted molar refractivity (Wildman–Crippen MR) is 87.7 cm³/mol. The van der Waals surface area contributed by atoms with E-state index in [0.717, 1.165) is 18.2 Å². The SMILES string of the molecule is Cc1c(N)cccc1CN1CCCC(C(C)(C)C)CC1. The van der Waals surface area contributed by atoms with Gasteiger partial charge in [0.25, 0.3) is 0 Å². The Bertz CT molecular complexity index is 445. The standard InChI is InChI=1S/C18H30N2/c1-14-15(7-5-9-17(14)19)13-20-11-6-8-16(10-12-20)18(2,3)4/h5,7,9,16H,6,8,10-13,19H2,1-4H3. The second kappa shape index (κ2) is 6.17. The summed E-state index contributed by atoms with van der Waals surface area (Å²) in [6.45, 7) is 12.8. The van der Waals surface area contributed by atoms with Crippen molar-refractivity contribution in [2.24, 2.45) is 11.3 Å². The number of nitrogens with zero attached hydrogens (tertiary/aromatic N) is 1. The Morgan fingerprint density at radius 1 is 1.20 bits per heavy atom. The summed E-state index contributed by atoms with van der Waals surface area (Å²) in [5, 5.41) is 0. The van der Waals surface area contributed by atoms with Crippen molar-refractivity contribution >= 4 is 5.69 Å². The van der Waals surface area contributed by atoms with Crippen molar-refractivity contribution < 1.29 is 0 Å². The fourth-order valence-electron chi connectivity index (χ4n) is 3.30. The summed E-state index contributed by atoms with van der Waals surface area (Å²) in [5.74, 6) is 0.856. The fourth-order valence-corrected chi connectivity index (χ4v) is 3.30. The molecule has 2 heteroatoms. The maximum atomic E-state index is 6.02. The maximum absolute atomic E-state index is 6.02. The first-order chi connectivity index (χ1) is 9.38. The van der Waals surface area contributed by atoms with Gasteiger partial charge in [0, 0.05) is 12.2 Å². The van der Waals surface area contributed by atoms with Crippen molar-refractivity contribution in [2.75, 3.05) is 18.8 Å². The van der Waals surface area contributed by atoms with Gasteiger partial charge < -0.3 is 5.73 Å². The number of benzene rings is 1. The third-order valence-corrected chi connectivity index (χ3v) is 4.93. The van der Waals surface area contributed by atoms with Gasteiger partial charge in [-0.05, 0) is 67.8 Å². The lowest BCUT2D eigenvalue weighted by molar-refractivity contribution is 0.206. The smallest absolute Gasteiger partial charge is 0.0346 e. The average molecular weight is 274 g/mol. The molecule has 0 saturated carbocycles. The minimum atomic E-state index is 0.448. The van der Waals surface area contributed by atoms with Crippen molar-refractivity contribution in [3.63, 3.8) is 0 Å². The summed E-state index contributed by atoms with van der Waals surface area (Å²) < 4.78 is 0. The van der Waals surface area contributed by atoms with E-state index in [0.29, 0.717) is 5.41 Å². The molecule has 0 bridgehead atoms. The lowest BCUT2D eigenvalue weighted by Gasteiger charge is -2.30. The first-order valence-electron chi connectivity index (χ1n) is 7.94. The highest BCUT2D eigenvalue weighted by molar-refractivity contribution is 5.49. The van der Waals surface area contributed by atoms with Crippen molar-refractivity contribution in [1.82, 2.24) is 4.90 Å². The highest BCUT2D eigenvalue weighted by atomic mass is 15.1. The Hall–Kier alpha value is -1.02. The molecule has 1 fully saturated rings. The van der Waals surface area contributed by atoms with E-state index in [1.54, 1.807) is 0 Å². The van der Waals surface area contributed by atoms with Gasteiger partial charge in [-0.25, -0.2) is 0 Å². The van der Waals surface area contributed by atoms with Gasteiger partial charge in [-0.3, -0.25) is 4.90 Å². The monoisotopic (exact) mass is 274 g/mol. The maximum Gasteiger partial charge on any atom is 0.0346 e. The van der Waals surface area contributed by atoms with E-state index in [1.807, 2.05) is 6.07 Å². The molecule has 2 nitrogen and oxygen atoms in total. The van der Waals surface area contributed by atoms with Crippen molar-refractivity contribution in [3.05, 3.63) is 29.3 Å². The van der Waals surface area contributed by atoms with Crippen LogP contribution in [-0.4, -0.2) is 18.0 Å². The zero-order chi connectivity index (χ0) is 14.8. The third-order valence-electron chi connectivity index (χ3n) is 4.93. The van der Waals surface area contributed by atoms with Crippen LogP contribution >= 0.6 is 0 Å². The van der Waals surface area contributed by atoms with Crippen LogP contribution in [0.1, 0.15) is 51.2 Å². The molecule has 1 aromatic rings. The Morgan fingerprint density at radius 2 is 1.95 bits per heavy atom. The number of hydrogen-bond acceptors (Lipinski definition) is 2. The van der Waals surface area contributed by atoms with Crippen LogP contribution in [0.15, 0.2) is 18.2 Å². The van der Waals surface area contributed by atoms with E-state index in [9.17, 15) is 0 Å². The largest absolute Gasteiger partial charge is 0.399 e. The molecule has 1 aromatic carbocycles. The lowest BCUT2D eigenvalue weighted by Crippen LogP contribution is -2.26. The third kappa shape index (κ3) is 3.76. The number of nitrogen functional groups attached to an aromatic ring is 1. The van der Waals surface area contributed by atoms with Gasteiger partial charge in [-0.15, -0.1) is 0 Å². The van der Waals surface area contributed by atoms with E-state index < -0.39 is 0 Å². The van der Waals surface area contributed by atoms with E-state index in [2.05, 4.69) is 44.7 Å². The van der Waals surface area contributed by atoms with E-state index in [1.165, 1.54) is 43.5 Å². The highest BCUT2D eigenvalue weighted by Crippen LogP contribution is 2.34. The van der Waals surface area contributed by atoms with Crippen LogP contribution < -0.4 is 5.73 Å². The van der Waals surface area contributed by atoms with Gasteiger partial charge >= 0.3 is 0 Å². The Labute approximate surface area is 124 Å². The first kappa shape index (κ1) is 15.4. The molecular weight excluding hydrogens is 244 g/mol. The summed E-state index contributed by atoms with van der Waals surface area (Å²) >= 11 is 0. The number of rotatable bonds is 2. The molecule has 0 radical (unpaired) electrons. The number of nitrogens with two attached hydrogens (primary N) is 1. The first-order valence-corrected chi connectivity index (χ1v) is 7.94. The minimum absolute atomic E-state index is 0.448. The fraction of sp³-hybridized carbons (Fsp3) is 0.667. The molecule has 1 aliphatic rings. The summed E-state index contributed by atoms with van der Waals surface area (Å²) in [7, 11) is 0. The average Bonchev–Trinajstić information content (AvgIpc) is 2.60. The van der Waals surface area contributed by atoms with Gasteiger partial charge in [-0.2, -0.15) is 0 Å². The van der Waals surface area contributed by atoms with Gasteiger partial charge in [0.05, 0.1) is 0 Å². The molecule has 0 aliphatic carbocycles. The van der Waals surface area contributed by atoms with Crippen LogP contribution in [-0.2, 0) is 6.54 Å². The Balaban J connectivity index is 1.99. The Kier molecular flexibility index (Phi) is 4.74. The summed E-state index contributed by atoms with van der Waals surface area (Å²) in [5.41, 5.74) is 10.0. The molecule has 2 N–H and O–H groups in total. The molecule has 1 heterocycles. The quantitative estimate of drug-likeness (QED) is 0.818. The van der Waals surface area contributed by atoms with Crippen LogP contribution in [0.4, 0.5) is 5.69 Å². The van der Waals surface area contributed by atoms with E-state index in [4.69, 9.17) is 5.73 Å². The summed E-state index contributed by atoms with van der Waals surface area (Å²) in [6.07, 6.45) is 4.02. The zero-order valence-corrected chi connectivity index (χ0v) is 13.6. The molecule has 0 spiro atoms. The van der Waals surface area contributed by atoms with Gasteiger partial charge in [0.2, 0.25) is 0 Å². The van der Waals surface area contributed by atoms with Gasteiger partial charge in [-0.1, -0.05) is 32.9 Å². The molecular formula is C18H30N2. The minimum Gasteiger partial charge on any atom is -0.399 e. The molecule has 2 rings (SSSR count). The van der Waals surface area contributed by atoms with Crippen molar-refractivity contribution in [1.29, 1.82) is 0 Å². The molecule has 20 heavy (non-hydrogen) atoms. The summed E-state index contributed by atoms with van der Waals surface area (Å²) in [6, 6.07) is 6.29. The van der Waals surface area contributed by atoms with Crippen LogP contribution in [0.25, 0.3) is 0 Å². The molecule has 1 unspecified atom stereocenters. The molecule has 1 aliphatic heterocycles. The lowest BCUT2D eigenvalue weighted by atomic mass is 9.77. The highest BCUT2D eigenvalue weighted by Gasteiger charge is 2.27. The number of hydrogen-bond donors (Lipinski definition) is 1. The second-order valence-electron chi connectivity index (χ2n) is 7.40. The normalized spacial score (nSPS) is 21.7. The summed E-state index contributed by atoms with van der Waals surface area (Å²) in [4.78, 5) is 2.60. The molecule has 1 atom stereocenters. The number of anilines is 1. The van der Waals surface area contributed by atoms with Crippen molar-refractivity contribution in [3.8, 4) is 0 Å². The van der Waals surface area contributed by atoms with Gasteiger partial charge in [0.1, 0.15) is 0 Å². The second-order valence-corrected chi connectivity index (χ2v) is 7.40. The topological polar surface area (TPSA) is 29.3 Å². The predicted octanol–water partition coefficient (Wildman–Crippen LogP) is 4.23. The zero-order valence-electron chi connectivity index (χ0n) is 13.6. The molecule has 0 aromatic heterocycles. The van der Waals surface area contributed by atoms with Gasteiger partial charge in [0.15, 0.2) is 0 Å². The van der Waals surface area contributed by atoms with E-state index >= 15 is 0 Å². The molecule has 112 valence electrons. The van der Waals surface area contributed by atoms with Crippen LogP contribution in [0.2, 0.25) is 0 Å². The Morgan fingerprint density at radius 3 is 2.65 bits per heavy atom. The van der Waals surface area contributed by atoms with Crippen LogP contribution in [0.5, 0.6) is 0 Å².